The Morgan fingerprint density at radius 1 is 1.48 bits per heavy atom. The third kappa shape index (κ3) is 2.58. The van der Waals surface area contributed by atoms with Crippen LogP contribution in [-0.4, -0.2) is 17.2 Å². The van der Waals surface area contributed by atoms with Crippen molar-refractivity contribution in [3.05, 3.63) is 33.6 Å². The molecule has 9 heteroatoms. The lowest BCUT2D eigenvalue weighted by Crippen LogP contribution is -2.20. The molecule has 1 aliphatic rings. The van der Waals surface area contributed by atoms with Crippen LogP contribution >= 0.6 is 18.9 Å². The number of primary amides is 1. The van der Waals surface area contributed by atoms with Crippen molar-refractivity contribution < 1.29 is 23.9 Å². The zero-order valence-electron chi connectivity index (χ0n) is 10.6. The minimum atomic E-state index is -4.79. The molecule has 2 aromatic rings. The van der Waals surface area contributed by atoms with Crippen LogP contribution in [0.25, 0.3) is 11.3 Å². The minimum absolute atomic E-state index is 0.214. The fourth-order valence-corrected chi connectivity index (χ4v) is 3.41. The number of fused-ring (bicyclic) bond motifs is 3. The van der Waals surface area contributed by atoms with Crippen LogP contribution in [0.3, 0.4) is 0 Å². The first-order chi connectivity index (χ1) is 9.87. The van der Waals surface area contributed by atoms with Crippen LogP contribution in [0.15, 0.2) is 17.6 Å². The maximum atomic E-state index is 11.5. The zero-order valence-corrected chi connectivity index (χ0v) is 12.3. The second-order valence-corrected chi connectivity index (χ2v) is 6.93. The van der Waals surface area contributed by atoms with Gasteiger partial charge in [-0.05, 0) is 25.3 Å². The molecule has 1 aromatic carbocycles. The molecule has 110 valence electrons. The number of benzene rings is 1. The highest BCUT2D eigenvalue weighted by molar-refractivity contribution is 7.48. The SMILES string of the molecule is NC(=O)c1ccc(OCP(=O)([O-])[O-])c2c1Cc1scnc1-2. The van der Waals surface area contributed by atoms with Gasteiger partial charge in [0.15, 0.2) is 0 Å². The van der Waals surface area contributed by atoms with Crippen molar-refractivity contribution in [2.75, 3.05) is 6.35 Å². The number of amides is 1. The van der Waals surface area contributed by atoms with E-state index in [0.29, 0.717) is 28.8 Å². The third-order valence-corrected chi connectivity index (χ3v) is 4.41. The molecule has 1 amide bonds. The van der Waals surface area contributed by atoms with Crippen LogP contribution in [0.5, 0.6) is 5.75 Å². The molecular weight excluding hydrogens is 315 g/mol. The summed E-state index contributed by atoms with van der Waals surface area (Å²) < 4.78 is 15.8. The van der Waals surface area contributed by atoms with Gasteiger partial charge in [0, 0.05) is 22.4 Å². The first-order valence-corrected chi connectivity index (χ1v) is 8.50. The molecule has 7 nitrogen and oxygen atoms in total. The molecule has 0 saturated heterocycles. The number of carbonyl (C=O) groups is 1. The minimum Gasteiger partial charge on any atom is -0.808 e. The van der Waals surface area contributed by atoms with Gasteiger partial charge in [-0.2, -0.15) is 0 Å². The Balaban J connectivity index is 2.10. The van der Waals surface area contributed by atoms with E-state index in [4.69, 9.17) is 10.5 Å². The van der Waals surface area contributed by atoms with Gasteiger partial charge in [0.25, 0.3) is 0 Å². The lowest BCUT2D eigenvalue weighted by Gasteiger charge is -2.29. The van der Waals surface area contributed by atoms with E-state index >= 15 is 0 Å². The highest BCUT2D eigenvalue weighted by atomic mass is 32.1. The largest absolute Gasteiger partial charge is 0.808 e. The number of thiazole rings is 1. The van der Waals surface area contributed by atoms with Crippen LogP contribution in [0.1, 0.15) is 20.8 Å². The Labute approximate surface area is 123 Å². The van der Waals surface area contributed by atoms with E-state index in [1.54, 1.807) is 5.51 Å². The van der Waals surface area contributed by atoms with Crippen LogP contribution in [-0.2, 0) is 11.0 Å². The molecule has 0 saturated carbocycles. The highest BCUT2D eigenvalue weighted by Gasteiger charge is 2.29. The Morgan fingerprint density at radius 2 is 2.24 bits per heavy atom. The summed E-state index contributed by atoms with van der Waals surface area (Å²) in [7, 11) is -4.79. The summed E-state index contributed by atoms with van der Waals surface area (Å²) in [4.78, 5) is 38.1. The number of aromatic nitrogens is 1. The van der Waals surface area contributed by atoms with E-state index in [0.717, 1.165) is 4.88 Å². The Hall–Kier alpha value is -1.73. The predicted octanol–water partition coefficient (Wildman–Crippen LogP) is 0.0632. The first-order valence-electron chi connectivity index (χ1n) is 5.89. The molecule has 1 aromatic heterocycles. The van der Waals surface area contributed by atoms with Crippen LogP contribution in [0.2, 0.25) is 0 Å². The summed E-state index contributed by atoms with van der Waals surface area (Å²) in [5.41, 5.74) is 9.17. The number of hydrogen-bond acceptors (Lipinski definition) is 7. The van der Waals surface area contributed by atoms with Gasteiger partial charge in [-0.25, -0.2) is 4.98 Å². The van der Waals surface area contributed by atoms with Crippen molar-refractivity contribution in [3.8, 4) is 17.0 Å². The molecule has 0 atom stereocenters. The van der Waals surface area contributed by atoms with Gasteiger partial charge in [-0.1, -0.05) is 0 Å². The van der Waals surface area contributed by atoms with E-state index < -0.39 is 19.9 Å². The van der Waals surface area contributed by atoms with Crippen molar-refractivity contribution in [2.24, 2.45) is 5.73 Å². The number of rotatable bonds is 4. The van der Waals surface area contributed by atoms with Crippen molar-refractivity contribution in [1.82, 2.24) is 4.98 Å². The van der Waals surface area contributed by atoms with Gasteiger partial charge < -0.3 is 24.8 Å². The summed E-state index contributed by atoms with van der Waals surface area (Å²) in [6.07, 6.45) is -0.466. The Bertz CT molecular complexity index is 782. The molecule has 3 rings (SSSR count). The quantitative estimate of drug-likeness (QED) is 0.676. The molecule has 1 heterocycles. The van der Waals surface area contributed by atoms with Crippen molar-refractivity contribution in [1.29, 1.82) is 0 Å². The summed E-state index contributed by atoms with van der Waals surface area (Å²) in [6.45, 7) is 0. The van der Waals surface area contributed by atoms with Gasteiger partial charge in [-0.15, -0.1) is 11.3 Å². The van der Waals surface area contributed by atoms with Gasteiger partial charge in [0.1, 0.15) is 12.1 Å². The number of nitrogens with two attached hydrogens (primary N) is 1. The van der Waals surface area contributed by atoms with Crippen LogP contribution < -0.4 is 20.3 Å². The molecule has 0 aliphatic heterocycles. The molecule has 0 bridgehead atoms. The maximum absolute atomic E-state index is 11.5. The van der Waals surface area contributed by atoms with Crippen molar-refractivity contribution in [2.45, 2.75) is 6.42 Å². The summed E-state index contributed by atoms with van der Waals surface area (Å²) in [5.74, 6) is -0.363. The highest BCUT2D eigenvalue weighted by Crippen LogP contribution is 2.45. The van der Waals surface area contributed by atoms with Gasteiger partial charge >= 0.3 is 0 Å². The topological polar surface area (TPSA) is 128 Å². The molecule has 1 aliphatic carbocycles. The van der Waals surface area contributed by atoms with E-state index in [1.165, 1.54) is 23.5 Å². The number of carbonyl (C=O) groups excluding carboxylic acids is 1. The molecule has 21 heavy (non-hydrogen) atoms. The first kappa shape index (κ1) is 14.2. The second kappa shape index (κ2) is 4.92. The van der Waals surface area contributed by atoms with Crippen molar-refractivity contribution in [3.63, 3.8) is 0 Å². The van der Waals surface area contributed by atoms with E-state index in [1.807, 2.05) is 0 Å². The standard InChI is InChI=1S/C12H11N2O5PS/c13-12(15)6-1-2-8(19-5-20(16,17)18)10-7(6)3-9-11(10)14-4-21-9/h1-2,4H,3,5H2,(H2,13,15)(H2,16,17,18)/p-2. The monoisotopic (exact) mass is 324 g/mol. The smallest absolute Gasteiger partial charge is 0.249 e. The number of nitrogens with zero attached hydrogens (tertiary/aromatic N) is 1. The average Bonchev–Trinajstić information content (AvgIpc) is 2.94. The third-order valence-electron chi connectivity index (χ3n) is 3.13. The molecular formula is C12H9N2O5PS-2. The molecule has 2 N–H and O–H groups in total. The van der Waals surface area contributed by atoms with E-state index in [-0.39, 0.29) is 5.75 Å². The Morgan fingerprint density at radius 3 is 2.90 bits per heavy atom. The van der Waals surface area contributed by atoms with Crippen molar-refractivity contribution >= 4 is 24.8 Å². The lowest BCUT2D eigenvalue weighted by molar-refractivity contribution is -0.316. The van der Waals surface area contributed by atoms with Crippen LogP contribution in [0.4, 0.5) is 0 Å². The fourth-order valence-electron chi connectivity index (χ4n) is 2.33. The molecule has 0 spiro atoms. The predicted molar refractivity (Wildman–Crippen MR) is 72.0 cm³/mol. The lowest BCUT2D eigenvalue weighted by atomic mass is 10.0. The van der Waals surface area contributed by atoms with Gasteiger partial charge in [-0.3, -0.25) is 4.79 Å². The molecule has 0 fully saturated rings. The van der Waals surface area contributed by atoms with E-state index in [9.17, 15) is 19.1 Å². The molecule has 0 radical (unpaired) electrons. The fraction of sp³-hybridized carbons (Fsp3) is 0.167. The zero-order chi connectivity index (χ0) is 15.2. The van der Waals surface area contributed by atoms with Gasteiger partial charge in [0.2, 0.25) is 5.91 Å². The summed E-state index contributed by atoms with van der Waals surface area (Å²) in [5, 5.41) is 0. The second-order valence-electron chi connectivity index (χ2n) is 4.51. The summed E-state index contributed by atoms with van der Waals surface area (Å²) in [6, 6.07) is 2.90. The summed E-state index contributed by atoms with van der Waals surface area (Å²) >= 11 is 1.42. The normalized spacial score (nSPS) is 12.9. The van der Waals surface area contributed by atoms with Gasteiger partial charge in [0.05, 0.1) is 11.2 Å². The van der Waals surface area contributed by atoms with Crippen LogP contribution in [0, 0.1) is 0 Å². The number of hydrogen-bond donors (Lipinski definition) is 1. The molecule has 0 unspecified atom stereocenters. The Kier molecular flexibility index (Phi) is 3.33. The van der Waals surface area contributed by atoms with E-state index in [2.05, 4.69) is 4.98 Å². The maximum Gasteiger partial charge on any atom is 0.249 e. The average molecular weight is 324 g/mol. The number of ether oxygens (including phenoxy) is 1.